The van der Waals surface area contributed by atoms with E-state index in [4.69, 9.17) is 0 Å². The van der Waals surface area contributed by atoms with Gasteiger partial charge in [0.1, 0.15) is 0 Å². The Morgan fingerprint density at radius 2 is 2.21 bits per heavy atom. The number of hydrogen-bond acceptors (Lipinski definition) is 3. The second-order valence-corrected chi connectivity index (χ2v) is 6.20. The third kappa shape index (κ3) is 2.10. The molecule has 0 aromatic carbocycles. The predicted molar refractivity (Wildman–Crippen MR) is 55.6 cm³/mol. The molecule has 3 atom stereocenters. The molecular formula is C9H18N2O2S. The number of sulfonamides is 1. The van der Waals surface area contributed by atoms with Gasteiger partial charge in [-0.1, -0.05) is 6.92 Å². The lowest BCUT2D eigenvalue weighted by atomic mass is 9.96. The summed E-state index contributed by atoms with van der Waals surface area (Å²) in [7, 11) is -3.03. The minimum atomic E-state index is -3.03. The quantitative estimate of drug-likeness (QED) is 0.709. The first kappa shape index (κ1) is 10.4. The van der Waals surface area contributed by atoms with E-state index in [1.165, 1.54) is 6.42 Å². The van der Waals surface area contributed by atoms with Crippen LogP contribution in [0.25, 0.3) is 0 Å². The molecule has 0 aliphatic carbocycles. The minimum absolute atomic E-state index is 0.144. The molecule has 2 saturated heterocycles. The van der Waals surface area contributed by atoms with E-state index in [1.807, 2.05) is 6.92 Å². The van der Waals surface area contributed by atoms with Gasteiger partial charge in [0, 0.05) is 18.1 Å². The van der Waals surface area contributed by atoms with Gasteiger partial charge in [0.05, 0.1) is 5.75 Å². The smallest absolute Gasteiger partial charge is 0.211 e. The summed E-state index contributed by atoms with van der Waals surface area (Å²) >= 11 is 0. The van der Waals surface area contributed by atoms with E-state index in [9.17, 15) is 8.42 Å². The lowest BCUT2D eigenvalue weighted by Gasteiger charge is -2.21. The fraction of sp³-hybridized carbons (Fsp3) is 1.00. The fourth-order valence-electron chi connectivity index (χ4n) is 2.51. The fourth-order valence-corrected chi connectivity index (χ4v) is 3.89. The van der Waals surface area contributed by atoms with Crippen LogP contribution in [0.2, 0.25) is 0 Å². The van der Waals surface area contributed by atoms with Crippen LogP contribution in [0, 0.1) is 0 Å². The minimum Gasteiger partial charge on any atom is -0.310 e. The lowest BCUT2D eigenvalue weighted by molar-refractivity contribution is 0.460. The van der Waals surface area contributed by atoms with Crippen molar-refractivity contribution in [3.8, 4) is 0 Å². The third-order valence-corrected chi connectivity index (χ3v) is 4.71. The first-order valence-corrected chi connectivity index (χ1v) is 7.02. The highest BCUT2D eigenvalue weighted by atomic mass is 32.2. The summed E-state index contributed by atoms with van der Waals surface area (Å²) in [6, 6.07) is 1.08. The molecule has 0 amide bonds. The number of nitrogens with one attached hydrogen (secondary N) is 2. The number of hydrogen-bond donors (Lipinski definition) is 2. The maximum absolute atomic E-state index is 11.5. The summed E-state index contributed by atoms with van der Waals surface area (Å²) in [5.41, 5.74) is 0. The van der Waals surface area contributed by atoms with Crippen LogP contribution in [0.4, 0.5) is 0 Å². The van der Waals surface area contributed by atoms with Crippen molar-refractivity contribution in [3.05, 3.63) is 0 Å². The van der Waals surface area contributed by atoms with Gasteiger partial charge in [-0.3, -0.25) is 0 Å². The monoisotopic (exact) mass is 218 g/mol. The molecule has 2 heterocycles. The summed E-state index contributed by atoms with van der Waals surface area (Å²) in [6.45, 7) is 1.89. The Kier molecular flexibility index (Phi) is 2.81. The number of rotatable bonds is 4. The van der Waals surface area contributed by atoms with Crippen molar-refractivity contribution in [1.29, 1.82) is 0 Å². The molecule has 2 aliphatic rings. The van der Waals surface area contributed by atoms with Crippen LogP contribution in [0.1, 0.15) is 32.6 Å². The van der Waals surface area contributed by atoms with Crippen molar-refractivity contribution >= 4 is 10.0 Å². The van der Waals surface area contributed by atoms with Gasteiger partial charge in [-0.25, -0.2) is 13.1 Å². The molecule has 2 bridgehead atoms. The molecule has 2 N–H and O–H groups in total. The van der Waals surface area contributed by atoms with E-state index in [0.717, 1.165) is 12.8 Å². The Bertz CT molecular complexity index is 302. The van der Waals surface area contributed by atoms with E-state index in [2.05, 4.69) is 10.0 Å². The van der Waals surface area contributed by atoms with Gasteiger partial charge in [0.25, 0.3) is 0 Å². The normalized spacial score (nSPS) is 36.5. The van der Waals surface area contributed by atoms with Gasteiger partial charge in [-0.2, -0.15) is 0 Å². The van der Waals surface area contributed by atoms with E-state index in [1.54, 1.807) is 0 Å². The highest BCUT2D eigenvalue weighted by Crippen LogP contribution is 2.28. The Labute approximate surface area is 85.5 Å². The molecule has 2 rings (SSSR count). The van der Waals surface area contributed by atoms with E-state index >= 15 is 0 Å². The topological polar surface area (TPSA) is 58.2 Å². The van der Waals surface area contributed by atoms with Gasteiger partial charge in [-0.15, -0.1) is 0 Å². The second kappa shape index (κ2) is 3.79. The van der Waals surface area contributed by atoms with Crippen molar-refractivity contribution in [2.24, 2.45) is 0 Å². The van der Waals surface area contributed by atoms with Crippen LogP contribution in [0.15, 0.2) is 0 Å². The molecule has 0 radical (unpaired) electrons. The Hall–Kier alpha value is -0.130. The maximum atomic E-state index is 11.5. The Balaban J connectivity index is 1.92. The molecule has 3 unspecified atom stereocenters. The van der Waals surface area contributed by atoms with Crippen molar-refractivity contribution in [1.82, 2.24) is 10.0 Å². The third-order valence-electron chi connectivity index (χ3n) is 3.10. The standard InChI is InChI=1S/C9H18N2O2S/c1-2-5-14(12,13)11-9-6-7-3-4-8(9)10-7/h7-11H,2-6H2,1H3. The Morgan fingerprint density at radius 3 is 2.71 bits per heavy atom. The zero-order valence-corrected chi connectivity index (χ0v) is 9.31. The van der Waals surface area contributed by atoms with E-state index in [0.29, 0.717) is 18.5 Å². The van der Waals surface area contributed by atoms with Gasteiger partial charge in [-0.05, 0) is 25.7 Å². The molecule has 4 nitrogen and oxygen atoms in total. The first-order chi connectivity index (χ1) is 6.61. The largest absolute Gasteiger partial charge is 0.310 e. The van der Waals surface area contributed by atoms with Crippen LogP contribution < -0.4 is 10.0 Å². The van der Waals surface area contributed by atoms with Crippen LogP contribution in [0.3, 0.4) is 0 Å². The second-order valence-electron chi connectivity index (χ2n) is 4.33. The van der Waals surface area contributed by atoms with Crippen LogP contribution in [0.5, 0.6) is 0 Å². The van der Waals surface area contributed by atoms with E-state index < -0.39 is 10.0 Å². The van der Waals surface area contributed by atoms with Crippen molar-refractivity contribution in [3.63, 3.8) is 0 Å². The number of fused-ring (bicyclic) bond motifs is 2. The van der Waals surface area contributed by atoms with Gasteiger partial charge >= 0.3 is 0 Å². The highest BCUT2D eigenvalue weighted by molar-refractivity contribution is 7.89. The predicted octanol–water partition coefficient (Wildman–Crippen LogP) is 0.209. The lowest BCUT2D eigenvalue weighted by Crippen LogP contribution is -2.43. The zero-order chi connectivity index (χ0) is 10.2. The molecule has 14 heavy (non-hydrogen) atoms. The molecule has 5 heteroatoms. The molecule has 0 aromatic rings. The molecular weight excluding hydrogens is 200 g/mol. The summed E-state index contributed by atoms with van der Waals surface area (Å²) in [6.07, 6.45) is 3.97. The van der Waals surface area contributed by atoms with Crippen molar-refractivity contribution < 1.29 is 8.42 Å². The first-order valence-electron chi connectivity index (χ1n) is 5.37. The van der Waals surface area contributed by atoms with Crippen LogP contribution in [-0.4, -0.2) is 32.3 Å². The Morgan fingerprint density at radius 1 is 1.43 bits per heavy atom. The average Bonchev–Trinajstić information content (AvgIpc) is 2.63. The van der Waals surface area contributed by atoms with Crippen molar-refractivity contribution in [2.45, 2.75) is 50.7 Å². The summed E-state index contributed by atoms with van der Waals surface area (Å²) in [4.78, 5) is 0. The molecule has 2 fully saturated rings. The van der Waals surface area contributed by atoms with Gasteiger partial charge in [0.2, 0.25) is 10.0 Å². The molecule has 82 valence electrons. The summed E-state index contributed by atoms with van der Waals surface area (Å²) < 4.78 is 25.8. The molecule has 2 aliphatic heterocycles. The van der Waals surface area contributed by atoms with E-state index in [-0.39, 0.29) is 11.8 Å². The summed E-state index contributed by atoms with van der Waals surface area (Å²) in [5.74, 6) is 0.251. The summed E-state index contributed by atoms with van der Waals surface area (Å²) in [5, 5.41) is 3.42. The SMILES string of the molecule is CCCS(=O)(=O)NC1CC2CCC1N2. The van der Waals surface area contributed by atoms with Gasteiger partial charge in [0.15, 0.2) is 0 Å². The van der Waals surface area contributed by atoms with Crippen LogP contribution >= 0.6 is 0 Å². The van der Waals surface area contributed by atoms with Crippen LogP contribution in [-0.2, 0) is 10.0 Å². The zero-order valence-electron chi connectivity index (χ0n) is 8.49. The maximum Gasteiger partial charge on any atom is 0.211 e. The van der Waals surface area contributed by atoms with Gasteiger partial charge < -0.3 is 5.32 Å². The average molecular weight is 218 g/mol. The molecule has 0 aromatic heterocycles. The highest BCUT2D eigenvalue weighted by Gasteiger charge is 2.40. The molecule has 0 saturated carbocycles. The van der Waals surface area contributed by atoms with Crippen molar-refractivity contribution in [2.75, 3.05) is 5.75 Å². The molecule has 0 spiro atoms.